The quantitative estimate of drug-likeness (QED) is 0.630. The van der Waals surface area contributed by atoms with E-state index in [0.29, 0.717) is 38.2 Å². The summed E-state index contributed by atoms with van der Waals surface area (Å²) in [7, 11) is -2.08. The van der Waals surface area contributed by atoms with Gasteiger partial charge in [0.25, 0.3) is 0 Å². The summed E-state index contributed by atoms with van der Waals surface area (Å²) in [5.41, 5.74) is 2.06. The molecule has 0 spiro atoms. The lowest BCUT2D eigenvalue weighted by Gasteiger charge is -2.09. The van der Waals surface area contributed by atoms with E-state index in [-0.39, 0.29) is 10.9 Å². The molecule has 0 saturated heterocycles. The number of nitrogens with one attached hydrogen (secondary N) is 1. The molecule has 0 fully saturated rings. The molecule has 0 atom stereocenters. The predicted octanol–water partition coefficient (Wildman–Crippen LogP) is 2.71. The van der Waals surface area contributed by atoms with Gasteiger partial charge in [-0.2, -0.15) is 0 Å². The summed E-state index contributed by atoms with van der Waals surface area (Å²) in [6.07, 6.45) is 1.55. The molecule has 0 heterocycles. The van der Waals surface area contributed by atoms with Crippen LogP contribution in [-0.4, -0.2) is 34.6 Å². The average Bonchev–Trinajstić information content (AvgIpc) is 2.67. The van der Waals surface area contributed by atoms with Crippen molar-refractivity contribution in [2.75, 3.05) is 20.3 Å². The van der Waals surface area contributed by atoms with E-state index in [1.807, 2.05) is 24.3 Å². The van der Waals surface area contributed by atoms with Crippen molar-refractivity contribution in [2.24, 2.45) is 0 Å². The van der Waals surface area contributed by atoms with Crippen molar-refractivity contribution < 1.29 is 22.7 Å². The summed E-state index contributed by atoms with van der Waals surface area (Å²) in [6.45, 7) is 2.47. The van der Waals surface area contributed by atoms with E-state index in [4.69, 9.17) is 9.47 Å². The lowest BCUT2D eigenvalue weighted by molar-refractivity contribution is -0.143. The van der Waals surface area contributed by atoms with E-state index in [1.54, 1.807) is 19.1 Å². The van der Waals surface area contributed by atoms with Crippen molar-refractivity contribution in [3.8, 4) is 5.75 Å². The fourth-order valence-corrected chi connectivity index (χ4v) is 3.60. The van der Waals surface area contributed by atoms with E-state index >= 15 is 0 Å². The number of esters is 1. The molecule has 2 aromatic rings. The fraction of sp³-hybridized carbons (Fsp3) is 0.350. The number of aryl methyl sites for hydroxylation is 1. The van der Waals surface area contributed by atoms with Crippen LogP contribution < -0.4 is 9.46 Å². The number of carbonyl (C=O) groups is 1. The molecule has 7 heteroatoms. The van der Waals surface area contributed by atoms with Crippen LogP contribution in [0, 0.1) is 0 Å². The molecule has 1 N–H and O–H groups in total. The lowest BCUT2D eigenvalue weighted by atomic mass is 10.1. The van der Waals surface area contributed by atoms with Gasteiger partial charge in [-0.25, -0.2) is 13.1 Å². The van der Waals surface area contributed by atoms with Crippen LogP contribution in [0.4, 0.5) is 0 Å². The summed E-state index contributed by atoms with van der Waals surface area (Å²) in [6, 6.07) is 14.1. The van der Waals surface area contributed by atoms with Gasteiger partial charge >= 0.3 is 5.97 Å². The zero-order valence-electron chi connectivity index (χ0n) is 15.6. The Labute approximate surface area is 160 Å². The van der Waals surface area contributed by atoms with Crippen molar-refractivity contribution in [2.45, 2.75) is 31.1 Å². The Morgan fingerprint density at radius 3 is 2.33 bits per heavy atom. The Bertz CT molecular complexity index is 847. The van der Waals surface area contributed by atoms with Crippen LogP contribution in [0.25, 0.3) is 0 Å². The SMILES string of the molecule is CCOC(=O)CCc1ccc(CCNS(=O)(=O)c2cccc(OC)c2)cc1. The van der Waals surface area contributed by atoms with Crippen LogP contribution in [0.1, 0.15) is 24.5 Å². The van der Waals surface area contributed by atoms with Gasteiger partial charge in [0.05, 0.1) is 18.6 Å². The van der Waals surface area contributed by atoms with Crippen LogP contribution in [0.5, 0.6) is 5.75 Å². The zero-order valence-corrected chi connectivity index (χ0v) is 16.4. The topological polar surface area (TPSA) is 81.7 Å². The lowest BCUT2D eigenvalue weighted by Crippen LogP contribution is -2.26. The number of hydrogen-bond acceptors (Lipinski definition) is 5. The zero-order chi connectivity index (χ0) is 19.7. The Morgan fingerprint density at radius 1 is 1.04 bits per heavy atom. The molecule has 0 aliphatic carbocycles. The summed E-state index contributed by atoms with van der Waals surface area (Å²) in [5, 5.41) is 0. The molecule has 0 aliphatic rings. The van der Waals surface area contributed by atoms with Crippen LogP contribution in [-0.2, 0) is 32.4 Å². The second-order valence-electron chi connectivity index (χ2n) is 5.95. The van der Waals surface area contributed by atoms with E-state index in [1.165, 1.54) is 19.2 Å². The molecule has 0 aromatic heterocycles. The molecule has 0 radical (unpaired) electrons. The van der Waals surface area contributed by atoms with Gasteiger partial charge in [-0.3, -0.25) is 4.79 Å². The van der Waals surface area contributed by atoms with Crippen LogP contribution in [0.2, 0.25) is 0 Å². The maximum absolute atomic E-state index is 12.3. The fourth-order valence-electron chi connectivity index (χ4n) is 2.53. The molecule has 146 valence electrons. The molecule has 6 nitrogen and oxygen atoms in total. The maximum Gasteiger partial charge on any atom is 0.306 e. The molecule has 0 amide bonds. The van der Waals surface area contributed by atoms with Gasteiger partial charge in [-0.05, 0) is 43.0 Å². The van der Waals surface area contributed by atoms with Crippen molar-refractivity contribution in [1.29, 1.82) is 0 Å². The van der Waals surface area contributed by atoms with E-state index < -0.39 is 10.0 Å². The van der Waals surface area contributed by atoms with Crippen LogP contribution in [0.3, 0.4) is 0 Å². The molecule has 0 unspecified atom stereocenters. The monoisotopic (exact) mass is 391 g/mol. The minimum Gasteiger partial charge on any atom is -0.497 e. The molecule has 2 rings (SSSR count). The number of hydrogen-bond donors (Lipinski definition) is 1. The predicted molar refractivity (Wildman–Crippen MR) is 103 cm³/mol. The van der Waals surface area contributed by atoms with Gasteiger partial charge in [-0.15, -0.1) is 0 Å². The second-order valence-corrected chi connectivity index (χ2v) is 7.72. The molecule has 0 aliphatic heterocycles. The largest absolute Gasteiger partial charge is 0.497 e. The van der Waals surface area contributed by atoms with Gasteiger partial charge in [0.15, 0.2) is 0 Å². The van der Waals surface area contributed by atoms with Crippen molar-refractivity contribution in [3.05, 3.63) is 59.7 Å². The second kappa shape index (κ2) is 10.1. The summed E-state index contributed by atoms with van der Waals surface area (Å²) < 4.78 is 37.2. The molecule has 0 bridgehead atoms. The van der Waals surface area contributed by atoms with Crippen LogP contribution in [0.15, 0.2) is 53.4 Å². The number of carbonyl (C=O) groups excluding carboxylic acids is 1. The Balaban J connectivity index is 1.85. The molecular formula is C20H25NO5S. The highest BCUT2D eigenvalue weighted by atomic mass is 32.2. The third-order valence-corrected chi connectivity index (χ3v) is 5.46. The van der Waals surface area contributed by atoms with Gasteiger partial charge < -0.3 is 9.47 Å². The first-order valence-corrected chi connectivity index (χ1v) is 10.3. The summed E-state index contributed by atoms with van der Waals surface area (Å²) in [5.74, 6) is 0.296. The summed E-state index contributed by atoms with van der Waals surface area (Å²) in [4.78, 5) is 11.6. The maximum atomic E-state index is 12.3. The minimum absolute atomic E-state index is 0.177. The average molecular weight is 391 g/mol. The van der Waals surface area contributed by atoms with E-state index in [2.05, 4.69) is 4.72 Å². The molecular weight excluding hydrogens is 366 g/mol. The van der Waals surface area contributed by atoms with Gasteiger partial charge in [-0.1, -0.05) is 30.3 Å². The van der Waals surface area contributed by atoms with E-state index in [0.717, 1.165) is 11.1 Å². The number of rotatable bonds is 10. The Hall–Kier alpha value is -2.38. The number of methoxy groups -OCH3 is 1. The van der Waals surface area contributed by atoms with E-state index in [9.17, 15) is 13.2 Å². The van der Waals surface area contributed by atoms with Crippen LogP contribution >= 0.6 is 0 Å². The smallest absolute Gasteiger partial charge is 0.306 e. The third kappa shape index (κ3) is 6.69. The first-order valence-electron chi connectivity index (χ1n) is 8.81. The van der Waals surface area contributed by atoms with Crippen molar-refractivity contribution in [1.82, 2.24) is 4.72 Å². The first-order chi connectivity index (χ1) is 12.9. The van der Waals surface area contributed by atoms with Gasteiger partial charge in [0, 0.05) is 19.0 Å². The highest BCUT2D eigenvalue weighted by Gasteiger charge is 2.14. The Kier molecular flexibility index (Phi) is 7.82. The third-order valence-electron chi connectivity index (χ3n) is 4.00. The molecule has 27 heavy (non-hydrogen) atoms. The number of benzene rings is 2. The summed E-state index contributed by atoms with van der Waals surface area (Å²) >= 11 is 0. The van der Waals surface area contributed by atoms with Gasteiger partial charge in [0.1, 0.15) is 5.75 Å². The highest BCUT2D eigenvalue weighted by Crippen LogP contribution is 2.17. The minimum atomic E-state index is -3.58. The molecule has 0 saturated carbocycles. The number of sulfonamides is 1. The normalized spacial score (nSPS) is 11.2. The van der Waals surface area contributed by atoms with Crippen molar-refractivity contribution >= 4 is 16.0 Å². The highest BCUT2D eigenvalue weighted by molar-refractivity contribution is 7.89. The van der Waals surface area contributed by atoms with Gasteiger partial charge in [0.2, 0.25) is 10.0 Å². The first kappa shape index (κ1) is 20.9. The number of ether oxygens (including phenoxy) is 2. The standard InChI is InChI=1S/C20H25NO5S/c1-3-26-20(22)12-11-16-7-9-17(10-8-16)13-14-21-27(23,24)19-6-4-5-18(15-19)25-2/h4-10,15,21H,3,11-14H2,1-2H3. The van der Waals surface area contributed by atoms with Crippen molar-refractivity contribution in [3.63, 3.8) is 0 Å². The Morgan fingerprint density at radius 2 is 1.70 bits per heavy atom. The molecule has 2 aromatic carbocycles.